The predicted octanol–water partition coefficient (Wildman–Crippen LogP) is 2.96. The van der Waals surface area contributed by atoms with Crippen LogP contribution in [0.15, 0.2) is 3.92 Å². The molecule has 1 aliphatic carbocycles. The molecule has 0 aromatic carbocycles. The summed E-state index contributed by atoms with van der Waals surface area (Å²) < 4.78 is 0.916. The Morgan fingerprint density at radius 3 is 2.55 bits per heavy atom. The van der Waals surface area contributed by atoms with E-state index in [2.05, 4.69) is 26.1 Å². The van der Waals surface area contributed by atoms with Gasteiger partial charge in [0.1, 0.15) is 5.01 Å². The molecule has 0 amide bonds. The van der Waals surface area contributed by atoms with E-state index in [1.165, 1.54) is 30.7 Å². The highest BCUT2D eigenvalue weighted by atomic mass is 79.9. The summed E-state index contributed by atoms with van der Waals surface area (Å²) in [6.07, 6.45) is 5.34. The molecule has 1 heterocycles. The van der Waals surface area contributed by atoms with Crippen LogP contribution in [0, 0.1) is 0 Å². The van der Waals surface area contributed by atoms with Gasteiger partial charge in [0, 0.05) is 5.92 Å². The van der Waals surface area contributed by atoms with Gasteiger partial charge in [-0.3, -0.25) is 0 Å². The van der Waals surface area contributed by atoms with Crippen LogP contribution in [0.3, 0.4) is 0 Å². The van der Waals surface area contributed by atoms with Crippen LogP contribution in [0.25, 0.3) is 0 Å². The second-order valence-corrected chi connectivity index (χ2v) is 5.16. The molecule has 4 heteroatoms. The highest BCUT2D eigenvalue weighted by Crippen LogP contribution is 2.36. The first-order valence-corrected chi connectivity index (χ1v) is 5.46. The molecule has 1 aliphatic rings. The van der Waals surface area contributed by atoms with E-state index in [9.17, 15) is 0 Å². The maximum atomic E-state index is 4.12. The Morgan fingerprint density at radius 2 is 2.00 bits per heavy atom. The van der Waals surface area contributed by atoms with Gasteiger partial charge in [0.15, 0.2) is 3.92 Å². The van der Waals surface area contributed by atoms with Crippen LogP contribution in [0.5, 0.6) is 0 Å². The predicted molar refractivity (Wildman–Crippen MR) is 48.8 cm³/mol. The molecule has 2 rings (SSSR count). The van der Waals surface area contributed by atoms with Gasteiger partial charge in [-0.05, 0) is 28.8 Å². The third kappa shape index (κ3) is 1.62. The zero-order valence-corrected chi connectivity index (χ0v) is 8.49. The van der Waals surface area contributed by atoms with Crippen molar-refractivity contribution in [2.45, 2.75) is 31.6 Å². The van der Waals surface area contributed by atoms with Crippen molar-refractivity contribution in [3.8, 4) is 0 Å². The summed E-state index contributed by atoms with van der Waals surface area (Å²) in [6.45, 7) is 0. The molecule has 0 N–H and O–H groups in total. The van der Waals surface area contributed by atoms with E-state index in [0.717, 1.165) is 3.92 Å². The van der Waals surface area contributed by atoms with E-state index in [1.54, 1.807) is 11.3 Å². The van der Waals surface area contributed by atoms with Crippen molar-refractivity contribution in [1.29, 1.82) is 0 Å². The van der Waals surface area contributed by atoms with Crippen molar-refractivity contribution < 1.29 is 0 Å². The number of nitrogens with zero attached hydrogens (tertiary/aromatic N) is 2. The van der Waals surface area contributed by atoms with Crippen LogP contribution in [0.1, 0.15) is 36.6 Å². The van der Waals surface area contributed by atoms with Gasteiger partial charge in [0.2, 0.25) is 0 Å². The van der Waals surface area contributed by atoms with Crippen molar-refractivity contribution in [1.82, 2.24) is 10.2 Å². The first kappa shape index (κ1) is 7.68. The molecule has 0 aliphatic heterocycles. The quantitative estimate of drug-likeness (QED) is 0.745. The van der Waals surface area contributed by atoms with E-state index in [-0.39, 0.29) is 0 Å². The lowest BCUT2D eigenvalue weighted by atomic mass is 10.1. The van der Waals surface area contributed by atoms with Gasteiger partial charge in [0.05, 0.1) is 0 Å². The van der Waals surface area contributed by atoms with E-state index in [1.807, 2.05) is 0 Å². The second-order valence-electron chi connectivity index (χ2n) is 2.87. The van der Waals surface area contributed by atoms with Crippen molar-refractivity contribution >= 4 is 27.3 Å². The van der Waals surface area contributed by atoms with Crippen LogP contribution in [-0.2, 0) is 0 Å². The molecule has 1 saturated carbocycles. The molecule has 2 nitrogen and oxygen atoms in total. The zero-order valence-electron chi connectivity index (χ0n) is 6.09. The SMILES string of the molecule is Brc1nnc(C2CCCC2)s1. The topological polar surface area (TPSA) is 25.8 Å². The van der Waals surface area contributed by atoms with Gasteiger partial charge in [-0.2, -0.15) is 0 Å². The van der Waals surface area contributed by atoms with E-state index >= 15 is 0 Å². The zero-order chi connectivity index (χ0) is 7.68. The summed E-state index contributed by atoms with van der Waals surface area (Å²) >= 11 is 5.00. The molecule has 1 aromatic rings. The maximum absolute atomic E-state index is 4.12. The lowest BCUT2D eigenvalue weighted by molar-refractivity contribution is 0.704. The van der Waals surface area contributed by atoms with E-state index < -0.39 is 0 Å². The van der Waals surface area contributed by atoms with Crippen LogP contribution in [-0.4, -0.2) is 10.2 Å². The molecule has 1 fully saturated rings. The van der Waals surface area contributed by atoms with E-state index in [0.29, 0.717) is 5.92 Å². The fourth-order valence-electron chi connectivity index (χ4n) is 1.55. The summed E-state index contributed by atoms with van der Waals surface area (Å²) in [5.74, 6) is 0.707. The second kappa shape index (κ2) is 3.19. The van der Waals surface area contributed by atoms with Gasteiger partial charge < -0.3 is 0 Å². The molecule has 1 aromatic heterocycles. The largest absolute Gasteiger partial charge is 0.183 e. The smallest absolute Gasteiger partial charge is 0.142 e. The molecule has 60 valence electrons. The average Bonchev–Trinajstić information content (AvgIpc) is 2.55. The highest BCUT2D eigenvalue weighted by Gasteiger charge is 2.20. The Kier molecular flexibility index (Phi) is 2.23. The Labute approximate surface area is 78.2 Å². The number of halogens is 1. The lowest BCUT2D eigenvalue weighted by Crippen LogP contribution is -1.89. The van der Waals surface area contributed by atoms with Gasteiger partial charge >= 0.3 is 0 Å². The minimum absolute atomic E-state index is 0.707. The first-order chi connectivity index (χ1) is 5.36. The third-order valence-electron chi connectivity index (χ3n) is 2.12. The van der Waals surface area contributed by atoms with Crippen LogP contribution >= 0.6 is 27.3 Å². The summed E-state index contributed by atoms with van der Waals surface area (Å²) in [5, 5.41) is 9.28. The molecular weight excluding hydrogens is 224 g/mol. The third-order valence-corrected chi connectivity index (χ3v) is 3.64. The van der Waals surface area contributed by atoms with Crippen LogP contribution < -0.4 is 0 Å². The molecule has 0 radical (unpaired) electrons. The first-order valence-electron chi connectivity index (χ1n) is 3.85. The minimum Gasteiger partial charge on any atom is -0.142 e. The Bertz CT molecular complexity index is 242. The normalized spacial score (nSPS) is 19.4. The molecule has 0 atom stereocenters. The molecule has 0 unspecified atom stereocenters. The van der Waals surface area contributed by atoms with Crippen molar-refractivity contribution in [2.24, 2.45) is 0 Å². The average molecular weight is 233 g/mol. The minimum atomic E-state index is 0.707. The molecule has 0 bridgehead atoms. The summed E-state index contributed by atoms with van der Waals surface area (Å²) in [6, 6.07) is 0. The van der Waals surface area contributed by atoms with Gasteiger partial charge in [0.25, 0.3) is 0 Å². The van der Waals surface area contributed by atoms with Crippen molar-refractivity contribution in [3.63, 3.8) is 0 Å². The standard InChI is InChI=1S/C7H9BrN2S/c8-7-10-9-6(11-7)5-3-1-2-4-5/h5H,1-4H2. The number of rotatable bonds is 1. The van der Waals surface area contributed by atoms with Gasteiger partial charge in [-0.1, -0.05) is 24.2 Å². The molecule has 0 spiro atoms. The summed E-state index contributed by atoms with van der Waals surface area (Å²) in [7, 11) is 0. The van der Waals surface area contributed by atoms with E-state index in [4.69, 9.17) is 0 Å². The van der Waals surface area contributed by atoms with Gasteiger partial charge in [-0.25, -0.2) is 0 Å². The maximum Gasteiger partial charge on any atom is 0.183 e. The van der Waals surface area contributed by atoms with Crippen LogP contribution in [0.4, 0.5) is 0 Å². The lowest BCUT2D eigenvalue weighted by Gasteiger charge is -2.00. The molecule has 11 heavy (non-hydrogen) atoms. The van der Waals surface area contributed by atoms with Crippen LogP contribution in [0.2, 0.25) is 0 Å². The Balaban J connectivity index is 2.15. The number of hydrogen-bond donors (Lipinski definition) is 0. The van der Waals surface area contributed by atoms with Gasteiger partial charge in [-0.15, -0.1) is 10.2 Å². The summed E-state index contributed by atoms with van der Waals surface area (Å²) in [4.78, 5) is 0. The molecular formula is C7H9BrN2S. The number of hydrogen-bond acceptors (Lipinski definition) is 3. The number of aromatic nitrogens is 2. The Hall–Kier alpha value is 0.0400. The van der Waals surface area contributed by atoms with Crippen molar-refractivity contribution in [2.75, 3.05) is 0 Å². The summed E-state index contributed by atoms with van der Waals surface area (Å²) in [5.41, 5.74) is 0. The highest BCUT2D eigenvalue weighted by molar-refractivity contribution is 9.11. The molecule has 0 saturated heterocycles. The monoisotopic (exact) mass is 232 g/mol. The fraction of sp³-hybridized carbons (Fsp3) is 0.714. The Morgan fingerprint density at radius 1 is 1.27 bits per heavy atom. The van der Waals surface area contributed by atoms with Crippen molar-refractivity contribution in [3.05, 3.63) is 8.92 Å². The fourth-order valence-corrected chi connectivity index (χ4v) is 2.87.